The van der Waals surface area contributed by atoms with Gasteiger partial charge in [0, 0.05) is 17.1 Å². The zero-order chi connectivity index (χ0) is 20.5. The van der Waals surface area contributed by atoms with Gasteiger partial charge in [-0.2, -0.15) is 0 Å². The third kappa shape index (κ3) is 3.50. The summed E-state index contributed by atoms with van der Waals surface area (Å²) in [5, 5.41) is 5.34. The van der Waals surface area contributed by atoms with Crippen molar-refractivity contribution in [3.63, 3.8) is 0 Å². The van der Waals surface area contributed by atoms with Crippen LogP contribution in [0.1, 0.15) is 31.4 Å². The number of carbonyl (C=O) groups excluding carboxylic acids is 1. The quantitative estimate of drug-likeness (QED) is 0.683. The van der Waals surface area contributed by atoms with Gasteiger partial charge in [-0.15, -0.1) is 0 Å². The second-order valence-corrected chi connectivity index (χ2v) is 7.99. The van der Waals surface area contributed by atoms with Crippen LogP contribution in [0.5, 0.6) is 11.5 Å². The van der Waals surface area contributed by atoms with E-state index in [-0.39, 0.29) is 18.0 Å². The van der Waals surface area contributed by atoms with E-state index >= 15 is 0 Å². The molecular formula is C25H26N2O3. The molecule has 30 heavy (non-hydrogen) atoms. The molecule has 1 N–H and O–H groups in total. The SMILES string of the molecule is C[C@H](C(=O)Nc1cccc2ccccc12)N1CCC[C@H]1c1ccc2c(c1)OCCO2. The third-order valence-corrected chi connectivity index (χ3v) is 6.17. The van der Waals surface area contributed by atoms with Crippen LogP contribution in [0.15, 0.2) is 60.7 Å². The van der Waals surface area contributed by atoms with Crippen LogP contribution in [0.25, 0.3) is 10.8 Å². The number of ether oxygens (including phenoxy) is 2. The number of hydrogen-bond acceptors (Lipinski definition) is 4. The van der Waals surface area contributed by atoms with Gasteiger partial charge in [0.15, 0.2) is 11.5 Å². The topological polar surface area (TPSA) is 50.8 Å². The van der Waals surface area contributed by atoms with Crippen molar-refractivity contribution in [2.24, 2.45) is 0 Å². The van der Waals surface area contributed by atoms with Gasteiger partial charge in [0.25, 0.3) is 0 Å². The van der Waals surface area contributed by atoms with Crippen molar-refractivity contribution in [1.29, 1.82) is 0 Å². The lowest BCUT2D eigenvalue weighted by Gasteiger charge is -2.31. The first-order chi connectivity index (χ1) is 14.7. The van der Waals surface area contributed by atoms with Gasteiger partial charge in [-0.25, -0.2) is 0 Å². The fourth-order valence-electron chi connectivity index (χ4n) is 4.60. The number of nitrogens with one attached hydrogen (secondary N) is 1. The molecule has 2 heterocycles. The van der Waals surface area contributed by atoms with Gasteiger partial charge < -0.3 is 14.8 Å². The Morgan fingerprint density at radius 3 is 2.73 bits per heavy atom. The molecule has 0 aliphatic carbocycles. The first-order valence-electron chi connectivity index (χ1n) is 10.6. The van der Waals surface area contributed by atoms with E-state index in [2.05, 4.69) is 34.5 Å². The van der Waals surface area contributed by atoms with E-state index < -0.39 is 0 Å². The van der Waals surface area contributed by atoms with Crippen molar-refractivity contribution >= 4 is 22.4 Å². The standard InChI is InChI=1S/C25H26N2O3/c1-17(25(28)26-21-9-4-7-18-6-2-3-8-20(18)21)27-13-5-10-22(27)19-11-12-23-24(16-19)30-15-14-29-23/h2-4,6-9,11-12,16-17,22H,5,10,13-15H2,1H3,(H,26,28)/t17-,22+/m1/s1. The first-order valence-corrected chi connectivity index (χ1v) is 10.6. The van der Waals surface area contributed by atoms with Gasteiger partial charge >= 0.3 is 0 Å². The lowest BCUT2D eigenvalue weighted by molar-refractivity contribution is -0.121. The molecule has 0 radical (unpaired) electrons. The molecule has 1 saturated heterocycles. The highest BCUT2D eigenvalue weighted by Gasteiger charge is 2.33. The minimum Gasteiger partial charge on any atom is -0.486 e. The van der Waals surface area contributed by atoms with Gasteiger partial charge in [0.2, 0.25) is 5.91 Å². The summed E-state index contributed by atoms with van der Waals surface area (Å²) in [6.45, 7) is 4.07. The molecule has 3 aromatic carbocycles. The molecule has 2 aliphatic heterocycles. The molecular weight excluding hydrogens is 376 g/mol. The van der Waals surface area contributed by atoms with Crippen LogP contribution in [0, 0.1) is 0 Å². The number of amides is 1. The molecule has 2 aliphatic rings. The highest BCUT2D eigenvalue weighted by molar-refractivity contribution is 6.03. The van der Waals surface area contributed by atoms with E-state index in [1.807, 2.05) is 43.3 Å². The highest BCUT2D eigenvalue weighted by atomic mass is 16.6. The number of likely N-dealkylation sites (tertiary alicyclic amines) is 1. The summed E-state index contributed by atoms with van der Waals surface area (Å²) < 4.78 is 11.4. The highest BCUT2D eigenvalue weighted by Crippen LogP contribution is 2.39. The van der Waals surface area contributed by atoms with Crippen molar-refractivity contribution in [2.45, 2.75) is 31.8 Å². The molecule has 5 nitrogen and oxygen atoms in total. The predicted molar refractivity (Wildman–Crippen MR) is 118 cm³/mol. The number of rotatable bonds is 4. The van der Waals surface area contributed by atoms with Crippen LogP contribution < -0.4 is 14.8 Å². The molecule has 0 saturated carbocycles. The van der Waals surface area contributed by atoms with Gasteiger partial charge in [-0.1, -0.05) is 42.5 Å². The zero-order valence-electron chi connectivity index (χ0n) is 17.1. The Hall–Kier alpha value is -3.05. The first kappa shape index (κ1) is 18.9. The summed E-state index contributed by atoms with van der Waals surface area (Å²) in [7, 11) is 0. The minimum atomic E-state index is -0.232. The maximum absolute atomic E-state index is 13.2. The summed E-state index contributed by atoms with van der Waals surface area (Å²) in [5.41, 5.74) is 2.04. The fourth-order valence-corrected chi connectivity index (χ4v) is 4.60. The van der Waals surface area contributed by atoms with Crippen LogP contribution in [0.4, 0.5) is 5.69 Å². The maximum Gasteiger partial charge on any atom is 0.241 e. The summed E-state index contributed by atoms with van der Waals surface area (Å²) in [4.78, 5) is 15.5. The maximum atomic E-state index is 13.2. The normalized spacial score (nSPS) is 19.6. The van der Waals surface area contributed by atoms with E-state index in [0.29, 0.717) is 13.2 Å². The van der Waals surface area contributed by atoms with E-state index in [4.69, 9.17) is 9.47 Å². The van der Waals surface area contributed by atoms with E-state index in [9.17, 15) is 4.79 Å². The molecule has 0 unspecified atom stereocenters. The van der Waals surface area contributed by atoms with E-state index in [1.165, 1.54) is 5.56 Å². The molecule has 0 aromatic heterocycles. The second kappa shape index (κ2) is 8.00. The molecule has 0 spiro atoms. The molecule has 2 atom stereocenters. The molecule has 1 fully saturated rings. The van der Waals surface area contributed by atoms with Crippen molar-refractivity contribution in [1.82, 2.24) is 4.90 Å². The lowest BCUT2D eigenvalue weighted by atomic mass is 10.0. The van der Waals surface area contributed by atoms with Crippen LogP contribution in [0.3, 0.4) is 0 Å². The summed E-state index contributed by atoms with van der Waals surface area (Å²) in [5.74, 6) is 1.63. The minimum absolute atomic E-state index is 0.0239. The molecule has 5 heteroatoms. The Morgan fingerprint density at radius 1 is 1.03 bits per heavy atom. The van der Waals surface area contributed by atoms with Gasteiger partial charge in [0.1, 0.15) is 13.2 Å². The van der Waals surface area contributed by atoms with Crippen molar-refractivity contribution < 1.29 is 14.3 Å². The van der Waals surface area contributed by atoms with E-state index in [1.54, 1.807) is 0 Å². The monoisotopic (exact) mass is 402 g/mol. The Morgan fingerprint density at radius 2 is 1.83 bits per heavy atom. The van der Waals surface area contributed by atoms with Crippen molar-refractivity contribution in [2.75, 3.05) is 25.1 Å². The van der Waals surface area contributed by atoms with Gasteiger partial charge in [0.05, 0.1) is 6.04 Å². The molecule has 154 valence electrons. The van der Waals surface area contributed by atoms with Crippen LogP contribution in [-0.4, -0.2) is 36.6 Å². The molecule has 3 aromatic rings. The number of benzene rings is 3. The summed E-state index contributed by atoms with van der Waals surface area (Å²) in [6, 6.07) is 20.3. The van der Waals surface area contributed by atoms with E-state index in [0.717, 1.165) is 47.3 Å². The Labute approximate surface area is 176 Å². The largest absolute Gasteiger partial charge is 0.486 e. The van der Waals surface area contributed by atoms with Crippen molar-refractivity contribution in [3.8, 4) is 11.5 Å². The number of carbonyl (C=O) groups is 1. The predicted octanol–water partition coefficient (Wildman–Crippen LogP) is 4.78. The smallest absolute Gasteiger partial charge is 0.241 e. The summed E-state index contributed by atoms with van der Waals surface area (Å²) in [6.07, 6.45) is 2.11. The Bertz CT molecular complexity index is 1080. The van der Waals surface area contributed by atoms with Crippen LogP contribution in [0.2, 0.25) is 0 Å². The molecule has 0 bridgehead atoms. The molecule has 1 amide bonds. The number of nitrogens with zero attached hydrogens (tertiary/aromatic N) is 1. The number of hydrogen-bond donors (Lipinski definition) is 1. The lowest BCUT2D eigenvalue weighted by Crippen LogP contribution is -2.41. The summed E-state index contributed by atoms with van der Waals surface area (Å²) >= 11 is 0. The average molecular weight is 402 g/mol. The van der Waals surface area contributed by atoms with Gasteiger partial charge in [-0.05, 0) is 55.5 Å². The zero-order valence-corrected chi connectivity index (χ0v) is 17.1. The third-order valence-electron chi connectivity index (χ3n) is 6.17. The number of fused-ring (bicyclic) bond motifs is 2. The Balaban J connectivity index is 1.35. The van der Waals surface area contributed by atoms with Crippen molar-refractivity contribution in [3.05, 3.63) is 66.2 Å². The second-order valence-electron chi connectivity index (χ2n) is 7.99. The number of anilines is 1. The Kier molecular flexibility index (Phi) is 5.05. The van der Waals surface area contributed by atoms with Crippen LogP contribution in [-0.2, 0) is 4.79 Å². The average Bonchev–Trinajstić information content (AvgIpc) is 3.28. The van der Waals surface area contributed by atoms with Gasteiger partial charge in [-0.3, -0.25) is 9.69 Å². The molecule has 5 rings (SSSR count). The van der Waals surface area contributed by atoms with Crippen LogP contribution >= 0.6 is 0 Å². The fraction of sp³-hybridized carbons (Fsp3) is 0.320.